The molecule has 6 nitrogen and oxygen atoms in total. The lowest BCUT2D eigenvalue weighted by Gasteiger charge is -2.33. The van der Waals surface area contributed by atoms with Gasteiger partial charge >= 0.3 is 6.18 Å². The van der Waals surface area contributed by atoms with Crippen molar-refractivity contribution in [3.63, 3.8) is 0 Å². The Morgan fingerprint density at radius 3 is 2.52 bits per heavy atom. The zero-order chi connectivity index (χ0) is 19.8. The molecule has 3 rings (SSSR count). The minimum Gasteiger partial charge on any atom is -0.301 e. The van der Waals surface area contributed by atoms with Gasteiger partial charge in [-0.15, -0.1) is 10.1 Å². The van der Waals surface area contributed by atoms with E-state index in [1.165, 1.54) is 24.8 Å². The summed E-state index contributed by atoms with van der Waals surface area (Å²) in [5, 5.41) is 9.61. The monoisotopic (exact) mass is 398 g/mol. The summed E-state index contributed by atoms with van der Waals surface area (Å²) in [6.45, 7) is 1.52. The van der Waals surface area contributed by atoms with Gasteiger partial charge in [0.1, 0.15) is 0 Å². The summed E-state index contributed by atoms with van der Waals surface area (Å²) in [5.41, 5.74) is -0.545. The smallest absolute Gasteiger partial charge is 0.301 e. The summed E-state index contributed by atoms with van der Waals surface area (Å²) in [6, 6.07) is 9.75. The van der Waals surface area contributed by atoms with Crippen molar-refractivity contribution in [2.75, 3.05) is 4.90 Å². The maximum Gasteiger partial charge on any atom is 0.416 e. The van der Waals surface area contributed by atoms with Gasteiger partial charge < -0.3 is 4.84 Å². The third-order valence-corrected chi connectivity index (χ3v) is 5.06. The molecule has 1 unspecified atom stereocenters. The number of amides is 1. The van der Waals surface area contributed by atoms with E-state index in [9.17, 15) is 28.1 Å². The average molecular weight is 398 g/mol. The fourth-order valence-corrected chi connectivity index (χ4v) is 3.75. The van der Waals surface area contributed by atoms with Crippen LogP contribution in [0.15, 0.2) is 52.3 Å². The molecular formula is C17H13F3N2O4S. The Labute approximate surface area is 156 Å². The van der Waals surface area contributed by atoms with Crippen molar-refractivity contribution >= 4 is 29.0 Å². The van der Waals surface area contributed by atoms with Crippen LogP contribution in [0, 0.1) is 10.1 Å². The van der Waals surface area contributed by atoms with Crippen LogP contribution >= 0.6 is 11.8 Å². The molecule has 10 heteroatoms. The molecular weight excluding hydrogens is 385 g/mol. The van der Waals surface area contributed by atoms with Gasteiger partial charge in [-0.2, -0.15) is 13.2 Å². The number of carbonyl (C=O) groups excluding carboxylic acids is 1. The first-order valence-corrected chi connectivity index (χ1v) is 8.67. The molecule has 0 spiro atoms. The molecule has 2 aromatic rings. The first-order valence-electron chi connectivity index (χ1n) is 7.85. The Hall–Kier alpha value is -2.75. The highest BCUT2D eigenvalue weighted by Gasteiger charge is 2.37. The zero-order valence-electron chi connectivity index (χ0n) is 13.9. The van der Waals surface area contributed by atoms with E-state index in [2.05, 4.69) is 4.84 Å². The molecule has 1 amide bonds. The van der Waals surface area contributed by atoms with E-state index < -0.39 is 28.8 Å². The van der Waals surface area contributed by atoms with E-state index in [-0.39, 0.29) is 12.1 Å². The van der Waals surface area contributed by atoms with Crippen molar-refractivity contribution in [3.8, 4) is 0 Å². The number of fused-ring (bicyclic) bond motifs is 2. The number of benzene rings is 2. The highest BCUT2D eigenvalue weighted by Crippen LogP contribution is 2.49. The average Bonchev–Trinajstić information content (AvgIpc) is 2.62. The summed E-state index contributed by atoms with van der Waals surface area (Å²) in [5.74, 6) is -0.803. The predicted molar refractivity (Wildman–Crippen MR) is 91.3 cm³/mol. The molecule has 1 aliphatic rings. The SMILES string of the molecule is CCC(O[N+](=O)[O-])C(=O)N1c2ccccc2Sc2ccc(C(F)(F)F)cc21. The molecule has 0 aromatic heterocycles. The van der Waals surface area contributed by atoms with Gasteiger partial charge in [0.25, 0.3) is 11.0 Å². The number of alkyl halides is 3. The third kappa shape index (κ3) is 3.70. The van der Waals surface area contributed by atoms with Gasteiger partial charge in [0.05, 0.1) is 16.9 Å². The second kappa shape index (κ2) is 7.10. The standard InChI is InChI=1S/C17H13F3N2O4S/c1-2-13(26-22(24)25)16(23)21-11-5-3-4-6-14(11)27-15-8-7-10(9-12(15)21)17(18,19)20/h3-9,13H,2H2,1H3. The predicted octanol–water partition coefficient (Wildman–Crippen LogP) is 4.82. The first-order chi connectivity index (χ1) is 12.7. The summed E-state index contributed by atoms with van der Waals surface area (Å²) in [6.07, 6.45) is -6.04. The van der Waals surface area contributed by atoms with Gasteiger partial charge in [-0.3, -0.25) is 9.69 Å². The number of nitrogens with zero attached hydrogens (tertiary/aromatic N) is 2. The highest BCUT2D eigenvalue weighted by molar-refractivity contribution is 7.99. The number of hydrogen-bond acceptors (Lipinski definition) is 5. The Bertz CT molecular complexity index is 904. The molecule has 1 atom stereocenters. The van der Waals surface area contributed by atoms with Crippen LogP contribution in [0.5, 0.6) is 0 Å². The Morgan fingerprint density at radius 1 is 1.22 bits per heavy atom. The van der Waals surface area contributed by atoms with Crippen molar-refractivity contribution < 1.29 is 27.9 Å². The van der Waals surface area contributed by atoms with E-state index in [0.717, 1.165) is 17.0 Å². The van der Waals surface area contributed by atoms with Crippen molar-refractivity contribution in [3.05, 3.63) is 58.1 Å². The van der Waals surface area contributed by atoms with Crippen LogP contribution in [-0.2, 0) is 15.8 Å². The number of halogens is 3. The Balaban J connectivity index is 2.14. The molecule has 0 saturated carbocycles. The van der Waals surface area contributed by atoms with Crippen molar-refractivity contribution in [2.45, 2.75) is 35.4 Å². The second-order valence-electron chi connectivity index (χ2n) is 5.65. The largest absolute Gasteiger partial charge is 0.416 e. The number of carbonyl (C=O) groups is 1. The van der Waals surface area contributed by atoms with Crippen molar-refractivity contribution in [2.24, 2.45) is 0 Å². The van der Waals surface area contributed by atoms with E-state index in [1.54, 1.807) is 24.3 Å². The topological polar surface area (TPSA) is 72.7 Å². The van der Waals surface area contributed by atoms with E-state index in [0.29, 0.717) is 15.5 Å². The van der Waals surface area contributed by atoms with Crippen LogP contribution in [0.1, 0.15) is 18.9 Å². The molecule has 1 heterocycles. The minimum absolute atomic E-state index is 0.0140. The minimum atomic E-state index is -4.59. The van der Waals surface area contributed by atoms with Gasteiger partial charge in [0, 0.05) is 9.79 Å². The lowest BCUT2D eigenvalue weighted by Crippen LogP contribution is -2.39. The molecule has 0 bridgehead atoms. The molecule has 2 aromatic carbocycles. The van der Waals surface area contributed by atoms with Crippen LogP contribution in [0.4, 0.5) is 24.5 Å². The normalized spacial score (nSPS) is 14.1. The van der Waals surface area contributed by atoms with Gasteiger partial charge in [0.2, 0.25) is 0 Å². The molecule has 0 N–H and O–H groups in total. The van der Waals surface area contributed by atoms with Gasteiger partial charge in [0.15, 0.2) is 6.10 Å². The Kier molecular flexibility index (Phi) is 5.01. The van der Waals surface area contributed by atoms with Gasteiger partial charge in [-0.05, 0) is 36.8 Å². The van der Waals surface area contributed by atoms with Crippen molar-refractivity contribution in [1.29, 1.82) is 0 Å². The van der Waals surface area contributed by atoms with Crippen LogP contribution in [0.3, 0.4) is 0 Å². The van der Waals surface area contributed by atoms with Crippen LogP contribution in [0.25, 0.3) is 0 Å². The van der Waals surface area contributed by atoms with Gasteiger partial charge in [-0.1, -0.05) is 30.8 Å². The zero-order valence-corrected chi connectivity index (χ0v) is 14.7. The quantitative estimate of drug-likeness (QED) is 0.545. The van der Waals surface area contributed by atoms with E-state index >= 15 is 0 Å². The third-order valence-electron chi connectivity index (χ3n) is 3.93. The summed E-state index contributed by atoms with van der Waals surface area (Å²) < 4.78 is 39.5. The lowest BCUT2D eigenvalue weighted by molar-refractivity contribution is -0.764. The fourth-order valence-electron chi connectivity index (χ4n) is 2.71. The molecule has 0 fully saturated rings. The van der Waals surface area contributed by atoms with E-state index in [4.69, 9.17) is 0 Å². The van der Waals surface area contributed by atoms with E-state index in [1.807, 2.05) is 0 Å². The van der Waals surface area contributed by atoms with Crippen molar-refractivity contribution in [1.82, 2.24) is 0 Å². The Morgan fingerprint density at radius 2 is 1.89 bits per heavy atom. The molecule has 1 aliphatic heterocycles. The number of rotatable bonds is 4. The number of anilines is 2. The number of hydrogen-bond donors (Lipinski definition) is 0. The fraction of sp³-hybridized carbons (Fsp3) is 0.235. The molecule has 142 valence electrons. The number of para-hydroxylation sites is 1. The summed E-state index contributed by atoms with van der Waals surface area (Å²) in [4.78, 5) is 30.2. The molecule has 27 heavy (non-hydrogen) atoms. The van der Waals surface area contributed by atoms with Crippen LogP contribution in [0.2, 0.25) is 0 Å². The molecule has 0 radical (unpaired) electrons. The first kappa shape index (κ1) is 19.0. The van der Waals surface area contributed by atoms with Crippen LogP contribution in [-0.4, -0.2) is 17.1 Å². The van der Waals surface area contributed by atoms with Gasteiger partial charge in [-0.25, -0.2) is 0 Å². The molecule has 0 aliphatic carbocycles. The maximum atomic E-state index is 13.2. The maximum absolute atomic E-state index is 13.2. The molecule has 0 saturated heterocycles. The van der Waals surface area contributed by atoms with Crippen LogP contribution < -0.4 is 4.90 Å². The lowest BCUT2D eigenvalue weighted by atomic mass is 10.1. The summed E-state index contributed by atoms with van der Waals surface area (Å²) in [7, 11) is 0. The summed E-state index contributed by atoms with van der Waals surface area (Å²) >= 11 is 1.22. The highest BCUT2D eigenvalue weighted by atomic mass is 32.2. The second-order valence-corrected chi connectivity index (χ2v) is 6.73.